The zero-order valence-corrected chi connectivity index (χ0v) is 19.2. The second kappa shape index (κ2) is 8.91. The van der Waals surface area contributed by atoms with Gasteiger partial charge in [0.1, 0.15) is 11.5 Å². The minimum Gasteiger partial charge on any atom is -0.465 e. The number of carboxylic acid groups (broad SMARTS) is 1. The van der Waals surface area contributed by atoms with Crippen molar-refractivity contribution in [3.8, 4) is 22.7 Å². The second-order valence-corrected chi connectivity index (χ2v) is 9.04. The average Bonchev–Trinajstić information content (AvgIpc) is 3.68. The van der Waals surface area contributed by atoms with E-state index in [1.165, 1.54) is 11.0 Å². The molecule has 1 N–H and O–H groups in total. The standard InChI is InChI=1S/C24H20F3N7O3/c25-18-6-5-15(7-20(18)33-10-17-8-16(33)11-34(17)24(35)36)19-12-32(31-28-19)9-13-1-3-14(4-2-13)22-29-30-23(37-22)21(26)27/h1-7,12,16-17,21H,8-11H2,(H,35,36)/t16-,17-/m0/s1. The highest BCUT2D eigenvalue weighted by atomic mass is 19.3. The van der Waals surface area contributed by atoms with Crippen LogP contribution >= 0.6 is 0 Å². The van der Waals surface area contributed by atoms with Crippen molar-refractivity contribution in [3.63, 3.8) is 0 Å². The summed E-state index contributed by atoms with van der Waals surface area (Å²) in [5.41, 5.74) is 3.09. The van der Waals surface area contributed by atoms with Gasteiger partial charge in [-0.15, -0.1) is 15.3 Å². The lowest BCUT2D eigenvalue weighted by Crippen LogP contribution is -2.48. The van der Waals surface area contributed by atoms with Gasteiger partial charge < -0.3 is 19.3 Å². The monoisotopic (exact) mass is 511 g/mol. The van der Waals surface area contributed by atoms with Crippen molar-refractivity contribution in [1.82, 2.24) is 30.1 Å². The molecule has 2 fully saturated rings. The maximum absolute atomic E-state index is 14.7. The van der Waals surface area contributed by atoms with Crippen molar-refractivity contribution >= 4 is 11.8 Å². The summed E-state index contributed by atoms with van der Waals surface area (Å²) in [4.78, 5) is 14.7. The van der Waals surface area contributed by atoms with E-state index in [-0.39, 0.29) is 23.8 Å². The number of rotatable bonds is 6. The van der Waals surface area contributed by atoms with Gasteiger partial charge >= 0.3 is 12.5 Å². The number of hydrogen-bond donors (Lipinski definition) is 1. The van der Waals surface area contributed by atoms with Crippen LogP contribution in [0.3, 0.4) is 0 Å². The number of likely N-dealkylation sites (tertiary alicyclic amines) is 1. The van der Waals surface area contributed by atoms with E-state index in [0.29, 0.717) is 48.6 Å². The average molecular weight is 511 g/mol. The third-order valence-corrected chi connectivity index (χ3v) is 6.75. The molecule has 0 saturated carbocycles. The van der Waals surface area contributed by atoms with E-state index in [0.717, 1.165) is 5.56 Å². The van der Waals surface area contributed by atoms with Gasteiger partial charge in [-0.05, 0) is 42.3 Å². The maximum atomic E-state index is 14.7. The summed E-state index contributed by atoms with van der Waals surface area (Å²) in [6.07, 6.45) is -1.33. The second-order valence-electron chi connectivity index (χ2n) is 9.04. The summed E-state index contributed by atoms with van der Waals surface area (Å²) >= 11 is 0. The highest BCUT2D eigenvalue weighted by molar-refractivity contribution is 5.69. The summed E-state index contributed by atoms with van der Waals surface area (Å²) in [6.45, 7) is 1.21. The molecular formula is C24H20F3N7O3. The van der Waals surface area contributed by atoms with E-state index in [1.54, 1.807) is 47.3 Å². The molecule has 2 aliphatic heterocycles. The third kappa shape index (κ3) is 4.26. The Hall–Kier alpha value is -4.42. The molecule has 37 heavy (non-hydrogen) atoms. The fourth-order valence-electron chi connectivity index (χ4n) is 4.98. The van der Waals surface area contributed by atoms with E-state index < -0.39 is 18.4 Å². The van der Waals surface area contributed by atoms with Gasteiger partial charge in [0.15, 0.2) is 0 Å². The third-order valence-electron chi connectivity index (χ3n) is 6.75. The van der Waals surface area contributed by atoms with Crippen molar-refractivity contribution in [2.24, 2.45) is 0 Å². The Bertz CT molecular complexity index is 1460. The van der Waals surface area contributed by atoms with Gasteiger partial charge in [-0.1, -0.05) is 17.3 Å². The minimum atomic E-state index is -2.83. The SMILES string of the molecule is O=C(O)N1C[C@@H]2C[C@H]1CN2c1cc(-c2cn(Cc3ccc(-c4nnc(C(F)F)o4)cc3)nn2)ccc1F. The molecule has 0 unspecified atom stereocenters. The molecular weight excluding hydrogens is 491 g/mol. The van der Waals surface area contributed by atoms with Crippen LogP contribution < -0.4 is 4.90 Å². The van der Waals surface area contributed by atoms with Crippen LogP contribution in [0.2, 0.25) is 0 Å². The first-order valence-corrected chi connectivity index (χ1v) is 11.5. The smallest absolute Gasteiger partial charge is 0.407 e. The molecule has 13 heteroatoms. The van der Waals surface area contributed by atoms with Crippen molar-refractivity contribution in [2.75, 3.05) is 18.0 Å². The van der Waals surface area contributed by atoms with Crippen LogP contribution in [0, 0.1) is 5.82 Å². The molecule has 4 aromatic rings. The fourth-order valence-corrected chi connectivity index (χ4v) is 4.98. The Labute approximate surface area is 207 Å². The van der Waals surface area contributed by atoms with Gasteiger partial charge in [0, 0.05) is 30.3 Å². The maximum Gasteiger partial charge on any atom is 0.407 e. The molecule has 2 saturated heterocycles. The Morgan fingerprint density at radius 2 is 1.84 bits per heavy atom. The lowest BCUT2D eigenvalue weighted by molar-refractivity contribution is 0.116. The number of amides is 1. The van der Waals surface area contributed by atoms with E-state index in [9.17, 15) is 23.1 Å². The fraction of sp³-hybridized carbons (Fsp3) is 0.292. The first kappa shape index (κ1) is 23.0. The number of benzene rings is 2. The van der Waals surface area contributed by atoms with Gasteiger partial charge in [0.05, 0.1) is 24.5 Å². The molecule has 0 spiro atoms. The van der Waals surface area contributed by atoms with Crippen molar-refractivity contribution in [2.45, 2.75) is 31.5 Å². The lowest BCUT2D eigenvalue weighted by atomic mass is 10.1. The Kier molecular flexibility index (Phi) is 5.54. The first-order valence-electron chi connectivity index (χ1n) is 11.5. The summed E-state index contributed by atoms with van der Waals surface area (Å²) in [5.74, 6) is -1.08. The number of piperazine rings is 1. The summed E-state index contributed by atoms with van der Waals surface area (Å²) < 4.78 is 46.7. The number of nitrogens with zero attached hydrogens (tertiary/aromatic N) is 7. The van der Waals surface area contributed by atoms with Gasteiger partial charge in [0.2, 0.25) is 5.89 Å². The normalized spacial score (nSPS) is 18.8. The molecule has 190 valence electrons. The van der Waals surface area contributed by atoms with E-state index >= 15 is 0 Å². The largest absolute Gasteiger partial charge is 0.465 e. The predicted octanol–water partition coefficient (Wildman–Crippen LogP) is 4.06. The molecule has 2 aromatic heterocycles. The topological polar surface area (TPSA) is 113 Å². The molecule has 2 atom stereocenters. The molecule has 6 rings (SSSR count). The zero-order chi connectivity index (χ0) is 25.7. The minimum absolute atomic E-state index is 0.0129. The van der Waals surface area contributed by atoms with Gasteiger partial charge in [-0.25, -0.2) is 13.9 Å². The number of hydrogen-bond acceptors (Lipinski definition) is 7. The summed E-state index contributed by atoms with van der Waals surface area (Å²) in [5, 5.41) is 24.7. The van der Waals surface area contributed by atoms with Gasteiger partial charge in [-0.3, -0.25) is 0 Å². The summed E-state index contributed by atoms with van der Waals surface area (Å²) in [7, 11) is 0. The number of carbonyl (C=O) groups is 1. The first-order chi connectivity index (χ1) is 17.9. The predicted molar refractivity (Wildman–Crippen MR) is 123 cm³/mol. The van der Waals surface area contributed by atoms with Crippen LogP contribution in [0.15, 0.2) is 53.1 Å². The van der Waals surface area contributed by atoms with Crippen LogP contribution in [-0.4, -0.2) is 66.5 Å². The number of fused-ring (bicyclic) bond motifs is 2. The van der Waals surface area contributed by atoms with E-state index in [2.05, 4.69) is 20.5 Å². The quantitative estimate of drug-likeness (QED) is 0.412. The Morgan fingerprint density at radius 1 is 1.05 bits per heavy atom. The van der Waals surface area contributed by atoms with Crippen molar-refractivity contribution < 1.29 is 27.5 Å². The van der Waals surface area contributed by atoms with Crippen LogP contribution in [-0.2, 0) is 6.54 Å². The molecule has 2 bridgehead atoms. The van der Waals surface area contributed by atoms with Crippen molar-refractivity contribution in [3.05, 3.63) is 65.9 Å². The van der Waals surface area contributed by atoms with Crippen LogP contribution in [0.5, 0.6) is 0 Å². The van der Waals surface area contributed by atoms with Crippen LogP contribution in [0.25, 0.3) is 22.7 Å². The van der Waals surface area contributed by atoms with E-state index in [4.69, 9.17) is 4.42 Å². The van der Waals surface area contributed by atoms with Crippen LogP contribution in [0.1, 0.15) is 24.3 Å². The highest BCUT2D eigenvalue weighted by Crippen LogP contribution is 2.37. The Balaban J connectivity index is 1.16. The molecule has 10 nitrogen and oxygen atoms in total. The number of alkyl halides is 2. The molecule has 2 aromatic carbocycles. The molecule has 1 amide bonds. The molecule has 0 aliphatic carbocycles. The van der Waals surface area contributed by atoms with E-state index in [1.807, 2.05) is 4.90 Å². The number of halogens is 3. The van der Waals surface area contributed by atoms with Crippen molar-refractivity contribution in [1.29, 1.82) is 0 Å². The summed E-state index contributed by atoms with van der Waals surface area (Å²) in [6, 6.07) is 11.5. The Morgan fingerprint density at radius 3 is 2.51 bits per heavy atom. The number of anilines is 1. The highest BCUT2D eigenvalue weighted by Gasteiger charge is 2.46. The van der Waals surface area contributed by atoms with Crippen LogP contribution in [0.4, 0.5) is 23.7 Å². The number of aromatic nitrogens is 5. The molecule has 4 heterocycles. The zero-order valence-electron chi connectivity index (χ0n) is 19.2. The molecule has 2 aliphatic rings. The van der Waals surface area contributed by atoms with Gasteiger partial charge in [-0.2, -0.15) is 8.78 Å². The lowest BCUT2D eigenvalue weighted by Gasteiger charge is -2.34. The molecule has 0 radical (unpaired) electrons. The van der Waals surface area contributed by atoms with Gasteiger partial charge in [0.25, 0.3) is 5.89 Å².